The quantitative estimate of drug-likeness (QED) is 0.745. The molecule has 0 aliphatic rings. The topological polar surface area (TPSA) is 75.5 Å². The second-order valence-electron chi connectivity index (χ2n) is 3.18. The Morgan fingerprint density at radius 2 is 2.33 bits per heavy atom. The third kappa shape index (κ3) is 3.90. The third-order valence-electron chi connectivity index (χ3n) is 1.61. The van der Waals surface area contributed by atoms with Gasteiger partial charge in [-0.05, 0) is 14.1 Å². The van der Waals surface area contributed by atoms with E-state index in [9.17, 15) is 4.79 Å². The molecule has 0 bridgehead atoms. The highest BCUT2D eigenvalue weighted by Crippen LogP contribution is 2.04. The maximum Gasteiger partial charge on any atom is 0.374 e. The van der Waals surface area contributed by atoms with Crippen LogP contribution >= 0.6 is 0 Å². The molecule has 0 unspecified atom stereocenters. The number of likely N-dealkylation sites (N-methyl/N-ethyl adjacent to an activating group) is 1. The minimum absolute atomic E-state index is 0.252. The maximum atomic E-state index is 10.5. The van der Waals surface area contributed by atoms with E-state index in [2.05, 4.69) is 9.97 Å². The van der Waals surface area contributed by atoms with E-state index in [-0.39, 0.29) is 11.7 Å². The molecule has 0 spiro atoms. The molecule has 1 rings (SSSR count). The Morgan fingerprint density at radius 3 is 2.93 bits per heavy atom. The SMILES string of the molecule is CN(C)CCOc1ccnc(C(=O)O)n1. The van der Waals surface area contributed by atoms with Crippen molar-refractivity contribution in [2.45, 2.75) is 0 Å². The van der Waals surface area contributed by atoms with E-state index in [1.807, 2.05) is 19.0 Å². The summed E-state index contributed by atoms with van der Waals surface area (Å²) in [6, 6.07) is 1.53. The van der Waals surface area contributed by atoms with Crippen LogP contribution in [0.4, 0.5) is 0 Å². The lowest BCUT2D eigenvalue weighted by molar-refractivity contribution is 0.0681. The molecule has 1 heterocycles. The average molecular weight is 211 g/mol. The Hall–Kier alpha value is -1.69. The van der Waals surface area contributed by atoms with Crippen molar-refractivity contribution < 1.29 is 14.6 Å². The van der Waals surface area contributed by atoms with Gasteiger partial charge < -0.3 is 14.7 Å². The van der Waals surface area contributed by atoms with E-state index in [1.165, 1.54) is 12.3 Å². The molecule has 0 aliphatic carbocycles. The summed E-state index contributed by atoms with van der Waals surface area (Å²) in [6.07, 6.45) is 1.36. The standard InChI is InChI=1S/C9H13N3O3/c1-12(2)5-6-15-7-3-4-10-8(11-7)9(13)14/h3-4H,5-6H2,1-2H3,(H,13,14). The number of carboxylic acids is 1. The Labute approximate surface area is 87.5 Å². The number of aromatic nitrogens is 2. The van der Waals surface area contributed by atoms with E-state index >= 15 is 0 Å². The highest BCUT2D eigenvalue weighted by atomic mass is 16.5. The Morgan fingerprint density at radius 1 is 1.60 bits per heavy atom. The molecule has 0 saturated carbocycles. The molecule has 0 aliphatic heterocycles. The average Bonchev–Trinajstić information content (AvgIpc) is 2.17. The molecular formula is C9H13N3O3. The third-order valence-corrected chi connectivity index (χ3v) is 1.61. The van der Waals surface area contributed by atoms with Gasteiger partial charge in [0.15, 0.2) is 0 Å². The van der Waals surface area contributed by atoms with Gasteiger partial charge in [0.05, 0.1) is 0 Å². The van der Waals surface area contributed by atoms with Gasteiger partial charge >= 0.3 is 5.97 Å². The number of ether oxygens (including phenoxy) is 1. The molecule has 0 atom stereocenters. The van der Waals surface area contributed by atoms with Crippen molar-refractivity contribution >= 4 is 5.97 Å². The van der Waals surface area contributed by atoms with E-state index in [1.54, 1.807) is 0 Å². The van der Waals surface area contributed by atoms with Crippen LogP contribution < -0.4 is 4.74 Å². The van der Waals surface area contributed by atoms with Crippen molar-refractivity contribution in [3.8, 4) is 5.88 Å². The number of carboxylic acid groups (broad SMARTS) is 1. The maximum absolute atomic E-state index is 10.5. The molecule has 0 fully saturated rings. The fraction of sp³-hybridized carbons (Fsp3) is 0.444. The van der Waals surface area contributed by atoms with Gasteiger partial charge in [0, 0.05) is 18.8 Å². The monoisotopic (exact) mass is 211 g/mol. The van der Waals surface area contributed by atoms with Crippen molar-refractivity contribution in [3.05, 3.63) is 18.1 Å². The van der Waals surface area contributed by atoms with Crippen LogP contribution in [0.2, 0.25) is 0 Å². The summed E-state index contributed by atoms with van der Waals surface area (Å²) in [5, 5.41) is 8.63. The van der Waals surface area contributed by atoms with Crippen LogP contribution in [-0.2, 0) is 0 Å². The fourth-order valence-corrected chi connectivity index (χ4v) is 0.858. The van der Waals surface area contributed by atoms with E-state index < -0.39 is 5.97 Å². The molecule has 1 aromatic rings. The van der Waals surface area contributed by atoms with Crippen LogP contribution in [0.5, 0.6) is 5.88 Å². The highest BCUT2D eigenvalue weighted by molar-refractivity contribution is 5.83. The first-order valence-corrected chi connectivity index (χ1v) is 4.43. The van der Waals surface area contributed by atoms with Crippen LogP contribution in [0.1, 0.15) is 10.6 Å². The summed E-state index contributed by atoms with van der Waals surface area (Å²) in [4.78, 5) is 19.8. The van der Waals surface area contributed by atoms with Crippen LogP contribution in [-0.4, -0.2) is 53.2 Å². The van der Waals surface area contributed by atoms with E-state index in [0.717, 1.165) is 6.54 Å². The summed E-state index contributed by atoms with van der Waals surface area (Å²) in [5.41, 5.74) is 0. The lowest BCUT2D eigenvalue weighted by Crippen LogP contribution is -2.20. The summed E-state index contributed by atoms with van der Waals surface area (Å²) in [7, 11) is 3.85. The fourth-order valence-electron chi connectivity index (χ4n) is 0.858. The van der Waals surface area contributed by atoms with Gasteiger partial charge in [0.25, 0.3) is 0 Å². The van der Waals surface area contributed by atoms with Crippen molar-refractivity contribution in [1.29, 1.82) is 0 Å². The minimum atomic E-state index is -1.16. The smallest absolute Gasteiger partial charge is 0.374 e. The first-order chi connectivity index (χ1) is 7.09. The van der Waals surface area contributed by atoms with Crippen LogP contribution in [0.25, 0.3) is 0 Å². The zero-order valence-electron chi connectivity index (χ0n) is 8.67. The van der Waals surface area contributed by atoms with Crippen LogP contribution in [0.15, 0.2) is 12.3 Å². The predicted octanol–water partition coefficient (Wildman–Crippen LogP) is 0.115. The number of aromatic carboxylic acids is 1. The van der Waals surface area contributed by atoms with Gasteiger partial charge in [0.1, 0.15) is 6.61 Å². The number of hydrogen-bond acceptors (Lipinski definition) is 5. The Kier molecular flexibility index (Phi) is 3.99. The molecular weight excluding hydrogens is 198 g/mol. The van der Waals surface area contributed by atoms with E-state index in [0.29, 0.717) is 6.61 Å². The first kappa shape index (κ1) is 11.4. The number of rotatable bonds is 5. The molecule has 6 heteroatoms. The molecule has 6 nitrogen and oxygen atoms in total. The van der Waals surface area contributed by atoms with Crippen molar-refractivity contribution in [2.24, 2.45) is 0 Å². The predicted molar refractivity (Wildman–Crippen MR) is 53.0 cm³/mol. The largest absolute Gasteiger partial charge is 0.476 e. The van der Waals surface area contributed by atoms with Gasteiger partial charge in [-0.3, -0.25) is 0 Å². The van der Waals surface area contributed by atoms with Crippen molar-refractivity contribution in [1.82, 2.24) is 14.9 Å². The van der Waals surface area contributed by atoms with Crippen molar-refractivity contribution in [3.63, 3.8) is 0 Å². The molecule has 0 amide bonds. The molecule has 15 heavy (non-hydrogen) atoms. The summed E-state index contributed by atoms with van der Waals surface area (Å²) in [6.45, 7) is 1.20. The van der Waals surface area contributed by atoms with Gasteiger partial charge in [0.2, 0.25) is 11.7 Å². The number of carbonyl (C=O) groups is 1. The van der Waals surface area contributed by atoms with Gasteiger partial charge in [-0.1, -0.05) is 0 Å². The molecule has 82 valence electrons. The lowest BCUT2D eigenvalue weighted by atomic mass is 10.5. The van der Waals surface area contributed by atoms with Crippen LogP contribution in [0, 0.1) is 0 Å². The lowest BCUT2D eigenvalue weighted by Gasteiger charge is -2.10. The van der Waals surface area contributed by atoms with Crippen LogP contribution in [0.3, 0.4) is 0 Å². The Balaban J connectivity index is 2.54. The van der Waals surface area contributed by atoms with Gasteiger partial charge in [-0.15, -0.1) is 0 Å². The first-order valence-electron chi connectivity index (χ1n) is 4.43. The zero-order chi connectivity index (χ0) is 11.3. The minimum Gasteiger partial charge on any atom is -0.476 e. The second-order valence-corrected chi connectivity index (χ2v) is 3.18. The zero-order valence-corrected chi connectivity index (χ0v) is 8.67. The molecule has 1 N–H and O–H groups in total. The highest BCUT2D eigenvalue weighted by Gasteiger charge is 2.07. The molecule has 0 aromatic carbocycles. The summed E-state index contributed by atoms with van der Waals surface area (Å²) in [5.74, 6) is -1.13. The van der Waals surface area contributed by atoms with Crippen molar-refractivity contribution in [2.75, 3.05) is 27.2 Å². The van der Waals surface area contributed by atoms with E-state index in [4.69, 9.17) is 9.84 Å². The molecule has 0 saturated heterocycles. The summed E-state index contributed by atoms with van der Waals surface area (Å²) < 4.78 is 5.25. The second kappa shape index (κ2) is 5.26. The Bertz CT molecular complexity index is 341. The summed E-state index contributed by atoms with van der Waals surface area (Å²) >= 11 is 0. The normalized spacial score (nSPS) is 10.3. The van der Waals surface area contributed by atoms with Gasteiger partial charge in [-0.25, -0.2) is 9.78 Å². The number of nitrogens with zero attached hydrogens (tertiary/aromatic N) is 3. The molecule has 1 aromatic heterocycles. The number of hydrogen-bond donors (Lipinski definition) is 1. The molecule has 0 radical (unpaired) electrons. The van der Waals surface area contributed by atoms with Gasteiger partial charge in [-0.2, -0.15) is 4.98 Å².